The van der Waals surface area contributed by atoms with Crippen LogP contribution in [-0.2, 0) is 0 Å². The molecule has 2 heteroatoms. The van der Waals surface area contributed by atoms with E-state index in [0.29, 0.717) is 0 Å². The summed E-state index contributed by atoms with van der Waals surface area (Å²) < 4.78 is 0. The van der Waals surface area contributed by atoms with Gasteiger partial charge in [-0.25, -0.2) is 0 Å². The number of rotatable bonds is 4. The van der Waals surface area contributed by atoms with Gasteiger partial charge in [-0.1, -0.05) is 11.6 Å². The Morgan fingerprint density at radius 3 is 2.88 bits per heavy atom. The monoisotopic (exact) mass is 222 g/mol. The lowest BCUT2D eigenvalue weighted by atomic mass is 9.93. The molecule has 0 unspecified atom stereocenters. The van der Waals surface area contributed by atoms with Crippen LogP contribution in [0.1, 0.15) is 39.0 Å². The summed E-state index contributed by atoms with van der Waals surface area (Å²) in [6.45, 7) is 8.54. The number of hydrogen-bond acceptors (Lipinski definition) is 2. The molecule has 0 aromatic rings. The summed E-state index contributed by atoms with van der Waals surface area (Å²) in [5.41, 5.74) is 1.58. The largest absolute Gasteiger partial charge is 0.317 e. The highest BCUT2D eigenvalue weighted by Gasteiger charge is 2.14. The van der Waals surface area contributed by atoms with Gasteiger partial charge in [-0.3, -0.25) is 4.90 Å². The van der Waals surface area contributed by atoms with E-state index in [1.807, 2.05) is 0 Å². The Labute approximate surface area is 100 Å². The van der Waals surface area contributed by atoms with E-state index in [1.54, 1.807) is 5.57 Å². The Balaban J connectivity index is 1.57. The van der Waals surface area contributed by atoms with Crippen molar-refractivity contribution in [2.24, 2.45) is 5.92 Å². The number of piperidine rings is 1. The summed E-state index contributed by atoms with van der Waals surface area (Å²) in [4.78, 5) is 2.61. The predicted octanol–water partition coefficient (Wildman–Crippen LogP) is 2.42. The Kier molecular flexibility index (Phi) is 4.86. The van der Waals surface area contributed by atoms with Crippen LogP contribution < -0.4 is 5.32 Å². The maximum atomic E-state index is 3.44. The summed E-state index contributed by atoms with van der Waals surface area (Å²) >= 11 is 0. The molecule has 0 spiro atoms. The second kappa shape index (κ2) is 6.41. The molecule has 0 saturated carbocycles. The minimum absolute atomic E-state index is 1.00. The lowest BCUT2D eigenvalue weighted by Crippen LogP contribution is -2.31. The maximum absolute atomic E-state index is 3.44. The number of nitrogens with one attached hydrogen (secondary N) is 1. The third-order valence-corrected chi connectivity index (χ3v) is 4.07. The van der Waals surface area contributed by atoms with Crippen molar-refractivity contribution in [1.29, 1.82) is 0 Å². The molecule has 1 N–H and O–H groups in total. The summed E-state index contributed by atoms with van der Waals surface area (Å²) in [6, 6.07) is 0. The van der Waals surface area contributed by atoms with Crippen LogP contribution in [0.4, 0.5) is 0 Å². The van der Waals surface area contributed by atoms with Crippen molar-refractivity contribution in [3.63, 3.8) is 0 Å². The zero-order chi connectivity index (χ0) is 11.2. The first kappa shape index (κ1) is 12.1. The zero-order valence-corrected chi connectivity index (χ0v) is 10.7. The molecule has 2 aliphatic heterocycles. The standard InChI is InChI=1S/C14H26N2/c1-13-6-11-16(12-7-13)10-2-3-14-4-8-15-9-5-14/h6,14-15H,2-5,7-12H2,1H3. The van der Waals surface area contributed by atoms with Gasteiger partial charge in [-0.15, -0.1) is 0 Å². The first-order chi connectivity index (χ1) is 7.84. The Morgan fingerprint density at radius 2 is 2.19 bits per heavy atom. The lowest BCUT2D eigenvalue weighted by molar-refractivity contribution is 0.266. The first-order valence-electron chi connectivity index (χ1n) is 6.93. The average Bonchev–Trinajstić information content (AvgIpc) is 2.33. The summed E-state index contributed by atoms with van der Waals surface area (Å²) in [5.74, 6) is 1.00. The molecule has 0 radical (unpaired) electrons. The van der Waals surface area contributed by atoms with Gasteiger partial charge in [-0.2, -0.15) is 0 Å². The highest BCUT2D eigenvalue weighted by atomic mass is 15.1. The third-order valence-electron chi connectivity index (χ3n) is 4.07. The van der Waals surface area contributed by atoms with E-state index in [4.69, 9.17) is 0 Å². The molecule has 16 heavy (non-hydrogen) atoms. The summed E-state index contributed by atoms with van der Waals surface area (Å²) in [7, 11) is 0. The molecule has 2 rings (SSSR count). The van der Waals surface area contributed by atoms with Crippen molar-refractivity contribution in [1.82, 2.24) is 10.2 Å². The van der Waals surface area contributed by atoms with E-state index in [9.17, 15) is 0 Å². The van der Waals surface area contributed by atoms with Crippen LogP contribution in [0.3, 0.4) is 0 Å². The fourth-order valence-electron chi connectivity index (χ4n) is 2.79. The number of nitrogens with zero attached hydrogens (tertiary/aromatic N) is 1. The van der Waals surface area contributed by atoms with E-state index in [-0.39, 0.29) is 0 Å². The second-order valence-electron chi connectivity index (χ2n) is 5.44. The van der Waals surface area contributed by atoms with E-state index < -0.39 is 0 Å². The van der Waals surface area contributed by atoms with Gasteiger partial charge >= 0.3 is 0 Å². The van der Waals surface area contributed by atoms with E-state index >= 15 is 0 Å². The van der Waals surface area contributed by atoms with Gasteiger partial charge in [0.15, 0.2) is 0 Å². The third kappa shape index (κ3) is 3.91. The van der Waals surface area contributed by atoms with Crippen LogP contribution >= 0.6 is 0 Å². The minimum Gasteiger partial charge on any atom is -0.317 e. The summed E-state index contributed by atoms with van der Waals surface area (Å²) in [6.07, 6.45) is 9.33. The van der Waals surface area contributed by atoms with Crippen molar-refractivity contribution in [3.05, 3.63) is 11.6 Å². The molecule has 0 bridgehead atoms. The van der Waals surface area contributed by atoms with Crippen molar-refractivity contribution < 1.29 is 0 Å². The van der Waals surface area contributed by atoms with Crippen LogP contribution in [0, 0.1) is 5.92 Å². The summed E-state index contributed by atoms with van der Waals surface area (Å²) in [5, 5.41) is 3.44. The maximum Gasteiger partial charge on any atom is 0.0165 e. The average molecular weight is 222 g/mol. The Hall–Kier alpha value is -0.340. The molecular weight excluding hydrogens is 196 g/mol. The molecule has 1 saturated heterocycles. The van der Waals surface area contributed by atoms with E-state index in [2.05, 4.69) is 23.2 Å². The molecule has 0 aromatic carbocycles. The molecule has 2 nitrogen and oxygen atoms in total. The van der Waals surface area contributed by atoms with Gasteiger partial charge in [0.05, 0.1) is 0 Å². The van der Waals surface area contributed by atoms with Gasteiger partial charge < -0.3 is 5.32 Å². The van der Waals surface area contributed by atoms with Gasteiger partial charge in [-0.05, 0) is 64.6 Å². The van der Waals surface area contributed by atoms with Crippen molar-refractivity contribution in [2.45, 2.75) is 39.0 Å². The first-order valence-corrected chi connectivity index (χ1v) is 6.93. The van der Waals surface area contributed by atoms with Crippen LogP contribution in [0.2, 0.25) is 0 Å². The molecule has 92 valence electrons. The van der Waals surface area contributed by atoms with Crippen molar-refractivity contribution >= 4 is 0 Å². The predicted molar refractivity (Wildman–Crippen MR) is 69.6 cm³/mol. The fraction of sp³-hybridized carbons (Fsp3) is 0.857. The Bertz CT molecular complexity index is 229. The van der Waals surface area contributed by atoms with Crippen molar-refractivity contribution in [3.8, 4) is 0 Å². The molecule has 0 aliphatic carbocycles. The van der Waals surface area contributed by atoms with Crippen LogP contribution in [0.15, 0.2) is 11.6 Å². The van der Waals surface area contributed by atoms with Gasteiger partial charge in [0.25, 0.3) is 0 Å². The molecule has 1 fully saturated rings. The van der Waals surface area contributed by atoms with Crippen LogP contribution in [0.5, 0.6) is 0 Å². The normalized spacial score (nSPS) is 24.4. The highest BCUT2D eigenvalue weighted by Crippen LogP contribution is 2.18. The molecule has 0 aromatic heterocycles. The van der Waals surface area contributed by atoms with Gasteiger partial charge in [0.2, 0.25) is 0 Å². The lowest BCUT2D eigenvalue weighted by Gasteiger charge is -2.27. The highest BCUT2D eigenvalue weighted by molar-refractivity contribution is 5.03. The molecule has 0 atom stereocenters. The molecule has 2 heterocycles. The smallest absolute Gasteiger partial charge is 0.0165 e. The SMILES string of the molecule is CC1=CCN(CCCC2CCNCC2)CC1. The molecular formula is C14H26N2. The van der Waals surface area contributed by atoms with Gasteiger partial charge in [0, 0.05) is 13.1 Å². The van der Waals surface area contributed by atoms with E-state index in [1.165, 1.54) is 64.8 Å². The Morgan fingerprint density at radius 1 is 1.38 bits per heavy atom. The minimum atomic E-state index is 1.00. The van der Waals surface area contributed by atoms with Crippen LogP contribution in [0.25, 0.3) is 0 Å². The topological polar surface area (TPSA) is 15.3 Å². The molecule has 0 amide bonds. The zero-order valence-electron chi connectivity index (χ0n) is 10.7. The van der Waals surface area contributed by atoms with Gasteiger partial charge in [0.1, 0.15) is 0 Å². The second-order valence-corrected chi connectivity index (χ2v) is 5.44. The molecule has 2 aliphatic rings. The van der Waals surface area contributed by atoms with Crippen LogP contribution in [-0.4, -0.2) is 37.6 Å². The number of hydrogen-bond donors (Lipinski definition) is 1. The quantitative estimate of drug-likeness (QED) is 0.735. The van der Waals surface area contributed by atoms with Crippen molar-refractivity contribution in [2.75, 3.05) is 32.7 Å². The fourth-order valence-corrected chi connectivity index (χ4v) is 2.79. The van der Waals surface area contributed by atoms with E-state index in [0.717, 1.165) is 5.92 Å².